The van der Waals surface area contributed by atoms with Crippen LogP contribution in [0.5, 0.6) is 0 Å². The lowest BCUT2D eigenvalue weighted by Crippen LogP contribution is -2.53. The van der Waals surface area contributed by atoms with E-state index in [4.69, 9.17) is 4.84 Å². The molecule has 0 bridgehead atoms. The van der Waals surface area contributed by atoms with Gasteiger partial charge in [-0.25, -0.2) is 14.8 Å². The highest BCUT2D eigenvalue weighted by Crippen LogP contribution is 2.30. The van der Waals surface area contributed by atoms with E-state index >= 15 is 0 Å². The van der Waals surface area contributed by atoms with Crippen LogP contribution in [0.15, 0.2) is 16.9 Å². The summed E-state index contributed by atoms with van der Waals surface area (Å²) in [7, 11) is 0. The number of nitrogens with zero attached hydrogens (tertiary/aromatic N) is 3. The number of piperidine rings is 1. The van der Waals surface area contributed by atoms with E-state index in [2.05, 4.69) is 45.1 Å². The van der Waals surface area contributed by atoms with Gasteiger partial charge in [-0.2, -0.15) is 0 Å². The second-order valence-electron chi connectivity index (χ2n) is 7.65. The van der Waals surface area contributed by atoms with Gasteiger partial charge in [0, 0.05) is 30.5 Å². The molecule has 2 unspecified atom stereocenters. The lowest BCUT2D eigenvalue weighted by molar-refractivity contribution is -0.234. The Labute approximate surface area is 158 Å². The molecule has 0 amide bonds. The molecule has 2 heterocycles. The summed E-state index contributed by atoms with van der Waals surface area (Å²) in [5, 5.41) is 5.37. The zero-order valence-corrected chi connectivity index (χ0v) is 17.3. The van der Waals surface area contributed by atoms with Crippen LogP contribution in [0.3, 0.4) is 0 Å². The van der Waals surface area contributed by atoms with E-state index in [0.717, 1.165) is 30.2 Å². The first-order valence-corrected chi connectivity index (χ1v) is 9.78. The molecule has 140 valence electrons. The Hall–Kier alpha value is -1.21. The highest BCUT2D eigenvalue weighted by atomic mass is 79.9. The summed E-state index contributed by atoms with van der Waals surface area (Å²) in [6.07, 6.45) is 7.11. The number of halogens is 1. The minimum atomic E-state index is -0.503. The third kappa shape index (κ3) is 5.38. The van der Waals surface area contributed by atoms with Crippen molar-refractivity contribution in [1.82, 2.24) is 15.0 Å². The van der Waals surface area contributed by atoms with E-state index in [1.54, 1.807) is 12.4 Å². The van der Waals surface area contributed by atoms with Gasteiger partial charge in [-0.1, -0.05) is 13.8 Å². The molecule has 1 aliphatic heterocycles. The zero-order chi connectivity index (χ0) is 18.6. The topological polar surface area (TPSA) is 67.3 Å². The summed E-state index contributed by atoms with van der Waals surface area (Å²) < 4.78 is 0.861. The summed E-state index contributed by atoms with van der Waals surface area (Å²) in [6.45, 7) is 9.92. The van der Waals surface area contributed by atoms with Crippen molar-refractivity contribution in [3.05, 3.63) is 16.9 Å². The highest BCUT2D eigenvalue weighted by Gasteiger charge is 2.38. The number of nitrogens with one attached hydrogen (secondary N) is 1. The molecule has 1 fully saturated rings. The fourth-order valence-corrected chi connectivity index (χ4v) is 3.23. The van der Waals surface area contributed by atoms with E-state index < -0.39 is 5.41 Å². The van der Waals surface area contributed by atoms with Crippen LogP contribution in [-0.4, -0.2) is 39.1 Å². The number of hydrogen-bond acceptors (Lipinski definition) is 6. The number of carbonyl (C=O) groups is 1. The quantitative estimate of drug-likeness (QED) is 0.781. The van der Waals surface area contributed by atoms with Gasteiger partial charge < -0.3 is 10.2 Å². The van der Waals surface area contributed by atoms with Crippen LogP contribution in [0.25, 0.3) is 0 Å². The van der Waals surface area contributed by atoms with E-state index in [1.807, 2.05) is 25.8 Å². The number of anilines is 1. The lowest BCUT2D eigenvalue weighted by Gasteiger charge is -2.43. The second kappa shape index (κ2) is 8.45. The minimum Gasteiger partial charge on any atom is -0.367 e. The molecule has 1 aliphatic rings. The number of hydroxylamine groups is 2. The Balaban J connectivity index is 2.08. The van der Waals surface area contributed by atoms with Crippen LogP contribution in [0.2, 0.25) is 0 Å². The van der Waals surface area contributed by atoms with Gasteiger partial charge in [0.15, 0.2) is 0 Å². The van der Waals surface area contributed by atoms with Gasteiger partial charge in [-0.3, -0.25) is 0 Å². The monoisotopic (exact) mass is 412 g/mol. The largest absolute Gasteiger partial charge is 0.367 e. The standard InChI is InChI=1S/C18H29BrN4O2/c1-6-14-8-13(22-17-20-10-12(19)11-21-17)9-15(7-2)23(14)25-16(24)18(3,4)5/h10-11,13-15H,6-9H2,1-5H3,(H,20,21,22). The van der Waals surface area contributed by atoms with E-state index in [-0.39, 0.29) is 24.1 Å². The van der Waals surface area contributed by atoms with E-state index in [9.17, 15) is 4.79 Å². The average Bonchev–Trinajstić information content (AvgIpc) is 2.56. The van der Waals surface area contributed by atoms with Gasteiger partial charge in [0.1, 0.15) is 0 Å². The van der Waals surface area contributed by atoms with Crippen molar-refractivity contribution >= 4 is 27.8 Å². The highest BCUT2D eigenvalue weighted by molar-refractivity contribution is 9.10. The van der Waals surface area contributed by atoms with Gasteiger partial charge in [-0.15, -0.1) is 5.06 Å². The molecule has 0 spiro atoms. The van der Waals surface area contributed by atoms with Crippen molar-refractivity contribution in [2.24, 2.45) is 5.41 Å². The average molecular weight is 413 g/mol. The molecular formula is C18H29BrN4O2. The normalized spacial score (nSPS) is 24.8. The summed E-state index contributed by atoms with van der Waals surface area (Å²) in [5.41, 5.74) is -0.503. The zero-order valence-electron chi connectivity index (χ0n) is 15.8. The molecule has 1 N–H and O–H groups in total. The van der Waals surface area contributed by atoms with Crippen LogP contribution >= 0.6 is 15.9 Å². The maximum absolute atomic E-state index is 12.4. The van der Waals surface area contributed by atoms with Gasteiger partial charge in [0.25, 0.3) is 0 Å². The molecule has 1 saturated heterocycles. The predicted molar refractivity (Wildman–Crippen MR) is 102 cm³/mol. The third-order valence-electron chi connectivity index (χ3n) is 4.53. The third-order valence-corrected chi connectivity index (χ3v) is 4.94. The van der Waals surface area contributed by atoms with Crippen LogP contribution < -0.4 is 5.32 Å². The number of carbonyl (C=O) groups excluding carboxylic acids is 1. The minimum absolute atomic E-state index is 0.174. The SMILES string of the molecule is CCC1CC(Nc2ncc(Br)cn2)CC(CC)N1OC(=O)C(C)(C)C. The first-order chi connectivity index (χ1) is 11.7. The predicted octanol–water partition coefficient (Wildman–Crippen LogP) is 4.18. The first kappa shape index (κ1) is 20.1. The number of hydrogen-bond donors (Lipinski definition) is 1. The molecular weight excluding hydrogens is 384 g/mol. The summed E-state index contributed by atoms with van der Waals surface area (Å²) in [5.74, 6) is 0.463. The fraction of sp³-hybridized carbons (Fsp3) is 0.722. The first-order valence-electron chi connectivity index (χ1n) is 8.99. The Kier molecular flexibility index (Phi) is 6.79. The van der Waals surface area contributed by atoms with Crippen LogP contribution in [0.4, 0.5) is 5.95 Å². The summed E-state index contributed by atoms with van der Waals surface area (Å²) in [6, 6.07) is 0.650. The maximum Gasteiger partial charge on any atom is 0.330 e. The van der Waals surface area contributed by atoms with Crippen LogP contribution in [0, 0.1) is 5.41 Å². The van der Waals surface area contributed by atoms with Gasteiger partial charge >= 0.3 is 5.97 Å². The van der Waals surface area contributed by atoms with Crippen molar-refractivity contribution in [2.45, 2.75) is 78.4 Å². The Morgan fingerprint density at radius 1 is 1.24 bits per heavy atom. The van der Waals surface area contributed by atoms with Gasteiger partial charge in [0.05, 0.1) is 9.89 Å². The van der Waals surface area contributed by atoms with Gasteiger partial charge in [0.2, 0.25) is 5.95 Å². The molecule has 0 saturated carbocycles. The van der Waals surface area contributed by atoms with Gasteiger partial charge in [-0.05, 0) is 62.4 Å². The number of rotatable bonds is 5. The molecule has 1 aromatic heterocycles. The molecule has 0 aromatic carbocycles. The molecule has 2 atom stereocenters. The van der Waals surface area contributed by atoms with Crippen LogP contribution in [0.1, 0.15) is 60.3 Å². The van der Waals surface area contributed by atoms with Crippen molar-refractivity contribution in [3.63, 3.8) is 0 Å². The van der Waals surface area contributed by atoms with Crippen molar-refractivity contribution in [1.29, 1.82) is 0 Å². The van der Waals surface area contributed by atoms with E-state index in [1.165, 1.54) is 0 Å². The molecule has 0 aliphatic carbocycles. The van der Waals surface area contributed by atoms with E-state index in [0.29, 0.717) is 5.95 Å². The van der Waals surface area contributed by atoms with Crippen molar-refractivity contribution < 1.29 is 9.63 Å². The second-order valence-corrected chi connectivity index (χ2v) is 8.57. The molecule has 2 rings (SSSR count). The fourth-order valence-electron chi connectivity index (χ4n) is 3.02. The summed E-state index contributed by atoms with van der Waals surface area (Å²) >= 11 is 3.35. The number of aromatic nitrogens is 2. The molecule has 1 aromatic rings. The Bertz CT molecular complexity index is 559. The Morgan fingerprint density at radius 2 is 1.76 bits per heavy atom. The molecule has 0 radical (unpaired) electrons. The summed E-state index contributed by atoms with van der Waals surface area (Å²) in [4.78, 5) is 26.8. The molecule has 7 heteroatoms. The van der Waals surface area contributed by atoms with Crippen molar-refractivity contribution in [2.75, 3.05) is 5.32 Å². The Morgan fingerprint density at radius 3 is 2.20 bits per heavy atom. The van der Waals surface area contributed by atoms with Crippen LogP contribution in [-0.2, 0) is 9.63 Å². The lowest BCUT2D eigenvalue weighted by atomic mass is 9.90. The molecule has 6 nitrogen and oxygen atoms in total. The smallest absolute Gasteiger partial charge is 0.330 e. The maximum atomic E-state index is 12.4. The molecule has 25 heavy (non-hydrogen) atoms. The van der Waals surface area contributed by atoms with Crippen molar-refractivity contribution in [3.8, 4) is 0 Å².